The lowest BCUT2D eigenvalue weighted by atomic mass is 10.2. The van der Waals surface area contributed by atoms with Gasteiger partial charge in [0.1, 0.15) is 11.9 Å². The highest BCUT2D eigenvalue weighted by Gasteiger charge is 2.19. The minimum atomic E-state index is -0.710. The normalized spacial score (nSPS) is 11.5. The van der Waals surface area contributed by atoms with E-state index in [9.17, 15) is 4.79 Å². The van der Waals surface area contributed by atoms with Crippen molar-refractivity contribution in [1.29, 1.82) is 5.26 Å². The van der Waals surface area contributed by atoms with Gasteiger partial charge in [-0.15, -0.1) is 0 Å². The zero-order valence-electron chi connectivity index (χ0n) is 11.3. The van der Waals surface area contributed by atoms with Crippen LogP contribution in [0.25, 0.3) is 0 Å². The first-order valence-corrected chi connectivity index (χ1v) is 5.87. The summed E-state index contributed by atoms with van der Waals surface area (Å²) < 4.78 is 4.98. The van der Waals surface area contributed by atoms with Gasteiger partial charge >= 0.3 is 5.97 Å². The minimum Gasteiger partial charge on any atom is -0.459 e. The second-order valence-corrected chi connectivity index (χ2v) is 4.22. The molecular weight excluding hydrogens is 242 g/mol. The quantitative estimate of drug-likeness (QED) is 0.506. The summed E-state index contributed by atoms with van der Waals surface area (Å²) in [6.45, 7) is 3.42. The van der Waals surface area contributed by atoms with E-state index in [-0.39, 0.29) is 17.5 Å². The Labute approximate surface area is 112 Å². The summed E-state index contributed by atoms with van der Waals surface area (Å²) >= 11 is 0. The molecule has 100 valence electrons. The molecule has 0 saturated carbocycles. The monoisotopic (exact) mass is 259 g/mol. The molecule has 0 amide bonds. The van der Waals surface area contributed by atoms with Crippen LogP contribution in [0, 0.1) is 11.3 Å². The van der Waals surface area contributed by atoms with Gasteiger partial charge in [0, 0.05) is 12.7 Å². The van der Waals surface area contributed by atoms with Gasteiger partial charge in [0.2, 0.25) is 0 Å². The van der Waals surface area contributed by atoms with Gasteiger partial charge in [0.15, 0.2) is 5.57 Å². The molecule has 0 heterocycles. The third-order valence-electron chi connectivity index (χ3n) is 2.42. The van der Waals surface area contributed by atoms with Crippen LogP contribution in [0.4, 0.5) is 5.69 Å². The number of hydrogen-bond donors (Lipinski definition) is 1. The van der Waals surface area contributed by atoms with Crippen LogP contribution in [0.1, 0.15) is 13.8 Å². The first-order chi connectivity index (χ1) is 8.97. The molecule has 0 aromatic heterocycles. The second-order valence-electron chi connectivity index (χ2n) is 4.22. The van der Waals surface area contributed by atoms with Gasteiger partial charge < -0.3 is 15.4 Å². The summed E-state index contributed by atoms with van der Waals surface area (Å²) in [6.07, 6.45) is -0.300. The molecule has 0 aliphatic heterocycles. The Balaban J connectivity index is 3.05. The van der Waals surface area contributed by atoms with Gasteiger partial charge in [0.25, 0.3) is 0 Å². The number of carbonyl (C=O) groups excluding carboxylic acids is 1. The Morgan fingerprint density at radius 3 is 2.42 bits per heavy atom. The Kier molecular flexibility index (Phi) is 4.95. The van der Waals surface area contributed by atoms with E-state index in [1.54, 1.807) is 31.9 Å². The van der Waals surface area contributed by atoms with Crippen LogP contribution in [0.3, 0.4) is 0 Å². The van der Waals surface area contributed by atoms with Crippen molar-refractivity contribution in [3.05, 3.63) is 41.7 Å². The molecule has 0 unspecified atom stereocenters. The Morgan fingerprint density at radius 2 is 1.95 bits per heavy atom. The van der Waals surface area contributed by atoms with Crippen LogP contribution in [-0.4, -0.2) is 19.1 Å². The molecule has 0 spiro atoms. The molecule has 1 aromatic carbocycles. The molecule has 19 heavy (non-hydrogen) atoms. The van der Waals surface area contributed by atoms with E-state index in [0.29, 0.717) is 0 Å². The van der Waals surface area contributed by atoms with E-state index >= 15 is 0 Å². The van der Waals surface area contributed by atoms with Gasteiger partial charge in [-0.25, -0.2) is 4.79 Å². The van der Waals surface area contributed by atoms with Crippen LogP contribution in [0.5, 0.6) is 0 Å². The van der Waals surface area contributed by atoms with Crippen molar-refractivity contribution in [2.45, 2.75) is 20.0 Å². The molecular formula is C14H17N3O2. The van der Waals surface area contributed by atoms with Crippen LogP contribution in [0.15, 0.2) is 41.7 Å². The Morgan fingerprint density at radius 1 is 1.37 bits per heavy atom. The molecule has 0 aliphatic rings. The molecule has 5 heteroatoms. The number of benzene rings is 1. The van der Waals surface area contributed by atoms with Gasteiger partial charge in [-0.1, -0.05) is 18.2 Å². The molecule has 5 nitrogen and oxygen atoms in total. The van der Waals surface area contributed by atoms with E-state index in [1.165, 1.54) is 0 Å². The number of para-hydroxylation sites is 1. The smallest absolute Gasteiger partial charge is 0.352 e. The summed E-state index contributed by atoms with van der Waals surface area (Å²) in [6, 6.07) is 11.0. The summed E-state index contributed by atoms with van der Waals surface area (Å²) in [7, 11) is 1.69. The van der Waals surface area contributed by atoms with Crippen molar-refractivity contribution in [2.75, 3.05) is 11.9 Å². The standard InChI is InChI=1S/C14H17N3O2/c1-10(2)19-14(18)12(9-15)13(16)17(3)11-7-5-4-6-8-11/h4-8,10H,16H2,1-3H3. The fourth-order valence-electron chi connectivity index (χ4n) is 1.44. The van der Waals surface area contributed by atoms with Crippen molar-refractivity contribution in [1.82, 2.24) is 0 Å². The van der Waals surface area contributed by atoms with Crippen LogP contribution in [-0.2, 0) is 9.53 Å². The lowest BCUT2D eigenvalue weighted by Gasteiger charge is -2.20. The van der Waals surface area contributed by atoms with E-state index < -0.39 is 5.97 Å². The molecule has 0 aliphatic carbocycles. The molecule has 2 N–H and O–H groups in total. The number of anilines is 1. The van der Waals surface area contributed by atoms with Gasteiger partial charge in [-0.05, 0) is 26.0 Å². The molecule has 0 saturated heterocycles. The summed E-state index contributed by atoms with van der Waals surface area (Å²) in [5, 5.41) is 9.06. The molecule has 0 atom stereocenters. The van der Waals surface area contributed by atoms with Crippen LogP contribution >= 0.6 is 0 Å². The van der Waals surface area contributed by atoms with Crippen molar-refractivity contribution < 1.29 is 9.53 Å². The second kappa shape index (κ2) is 6.45. The Bertz CT molecular complexity index is 515. The largest absolute Gasteiger partial charge is 0.459 e. The topological polar surface area (TPSA) is 79.3 Å². The van der Waals surface area contributed by atoms with Crippen LogP contribution in [0.2, 0.25) is 0 Å². The average Bonchev–Trinajstić information content (AvgIpc) is 2.38. The molecule has 0 bridgehead atoms. The number of ether oxygens (including phenoxy) is 1. The van der Waals surface area contributed by atoms with E-state index in [2.05, 4.69) is 0 Å². The minimum absolute atomic E-state index is 0.0688. The molecule has 0 fully saturated rings. The van der Waals surface area contributed by atoms with E-state index in [4.69, 9.17) is 15.7 Å². The SMILES string of the molecule is CC(C)OC(=O)C(C#N)=C(N)N(C)c1ccccc1. The first-order valence-electron chi connectivity index (χ1n) is 5.87. The summed E-state index contributed by atoms with van der Waals surface area (Å²) in [5.74, 6) is -0.642. The highest BCUT2D eigenvalue weighted by molar-refractivity contribution is 5.94. The van der Waals surface area contributed by atoms with E-state index in [1.807, 2.05) is 30.3 Å². The fraction of sp³-hybridized carbons (Fsp3) is 0.286. The van der Waals surface area contributed by atoms with Crippen molar-refractivity contribution in [2.24, 2.45) is 5.73 Å². The zero-order valence-corrected chi connectivity index (χ0v) is 11.3. The number of nitriles is 1. The number of nitrogens with zero attached hydrogens (tertiary/aromatic N) is 2. The maximum Gasteiger partial charge on any atom is 0.352 e. The molecule has 1 rings (SSSR count). The number of carbonyl (C=O) groups is 1. The summed E-state index contributed by atoms with van der Waals surface area (Å²) in [4.78, 5) is 13.3. The van der Waals surface area contributed by atoms with E-state index in [0.717, 1.165) is 5.69 Å². The van der Waals surface area contributed by atoms with Crippen LogP contribution < -0.4 is 10.6 Å². The summed E-state index contributed by atoms with van der Waals surface area (Å²) in [5.41, 5.74) is 6.45. The predicted octanol–water partition coefficient (Wildman–Crippen LogP) is 1.77. The highest BCUT2D eigenvalue weighted by Crippen LogP contribution is 2.16. The van der Waals surface area contributed by atoms with Gasteiger partial charge in [-0.3, -0.25) is 0 Å². The predicted molar refractivity (Wildman–Crippen MR) is 72.9 cm³/mol. The zero-order chi connectivity index (χ0) is 14.4. The molecule has 0 radical (unpaired) electrons. The fourth-order valence-corrected chi connectivity index (χ4v) is 1.44. The van der Waals surface area contributed by atoms with Gasteiger partial charge in [-0.2, -0.15) is 5.26 Å². The Hall–Kier alpha value is -2.48. The number of rotatable bonds is 4. The third kappa shape index (κ3) is 3.75. The third-order valence-corrected chi connectivity index (χ3v) is 2.42. The number of nitrogens with two attached hydrogens (primary N) is 1. The maximum atomic E-state index is 11.8. The molecule has 1 aromatic rings. The van der Waals surface area contributed by atoms with Gasteiger partial charge in [0.05, 0.1) is 6.10 Å². The maximum absolute atomic E-state index is 11.8. The van der Waals surface area contributed by atoms with Crippen molar-refractivity contribution >= 4 is 11.7 Å². The lowest BCUT2D eigenvalue weighted by Crippen LogP contribution is -2.28. The average molecular weight is 259 g/mol. The van der Waals surface area contributed by atoms with Crippen molar-refractivity contribution in [3.63, 3.8) is 0 Å². The first kappa shape index (κ1) is 14.6. The number of esters is 1. The highest BCUT2D eigenvalue weighted by atomic mass is 16.5. The van der Waals surface area contributed by atoms with Crippen molar-refractivity contribution in [3.8, 4) is 6.07 Å². The lowest BCUT2D eigenvalue weighted by molar-refractivity contribution is -0.142. The number of hydrogen-bond acceptors (Lipinski definition) is 5.